The summed E-state index contributed by atoms with van der Waals surface area (Å²) in [7, 11) is 0. The molecule has 3 rings (SSSR count). The van der Waals surface area contributed by atoms with Gasteiger partial charge in [0.05, 0.1) is 9.50 Å². The van der Waals surface area contributed by atoms with E-state index in [1.54, 1.807) is 18.3 Å². The normalized spacial score (nSPS) is 13.4. The summed E-state index contributed by atoms with van der Waals surface area (Å²) in [6.07, 6.45) is 1.60. The van der Waals surface area contributed by atoms with Crippen molar-refractivity contribution in [1.29, 1.82) is 0 Å². The monoisotopic (exact) mass is 341 g/mol. The van der Waals surface area contributed by atoms with Gasteiger partial charge in [0.25, 0.3) is 0 Å². The molecule has 7 heteroatoms. The lowest BCUT2D eigenvalue weighted by atomic mass is 10.1. The van der Waals surface area contributed by atoms with E-state index in [1.807, 2.05) is 0 Å². The molecule has 5 nitrogen and oxygen atoms in total. The molecular formula is C12H9BrClN3O2. The zero-order chi connectivity index (χ0) is 13.4. The smallest absolute Gasteiger partial charge is 0.179 e. The van der Waals surface area contributed by atoms with Gasteiger partial charge in [-0.25, -0.2) is 9.97 Å². The van der Waals surface area contributed by atoms with Crippen molar-refractivity contribution in [2.45, 2.75) is 0 Å². The average molecular weight is 343 g/mol. The number of nitrogens with zero attached hydrogens (tertiary/aromatic N) is 2. The van der Waals surface area contributed by atoms with Crippen molar-refractivity contribution >= 4 is 33.3 Å². The van der Waals surface area contributed by atoms with Gasteiger partial charge in [-0.3, -0.25) is 0 Å². The van der Waals surface area contributed by atoms with Crippen LogP contribution in [0.4, 0.5) is 5.82 Å². The largest absolute Gasteiger partial charge is 0.486 e. The number of halogens is 2. The minimum Gasteiger partial charge on any atom is -0.486 e. The Morgan fingerprint density at radius 3 is 2.84 bits per heavy atom. The zero-order valence-corrected chi connectivity index (χ0v) is 12.0. The number of hydrogen-bond donors (Lipinski definition) is 1. The first-order chi connectivity index (χ1) is 9.15. The summed E-state index contributed by atoms with van der Waals surface area (Å²) in [6, 6.07) is 3.53. The Bertz CT molecular complexity index is 651. The minimum atomic E-state index is 0.371. The van der Waals surface area contributed by atoms with E-state index < -0.39 is 0 Å². The lowest BCUT2D eigenvalue weighted by Gasteiger charge is -2.20. The molecule has 2 N–H and O–H groups in total. The topological polar surface area (TPSA) is 70.3 Å². The molecule has 0 saturated carbocycles. The summed E-state index contributed by atoms with van der Waals surface area (Å²) in [6.45, 7) is 0.990. The van der Waals surface area contributed by atoms with E-state index in [0.717, 1.165) is 5.56 Å². The predicted molar refractivity (Wildman–Crippen MR) is 75.6 cm³/mol. The summed E-state index contributed by atoms with van der Waals surface area (Å²) in [5, 5.41) is 0.470. The standard InChI is InChI=1S/C12H9BrClN3O2/c13-7-5-16-12(17-11(7)15)6-3-8(14)10-9(4-6)18-1-2-19-10/h3-5H,1-2H2,(H2,15,16,17). The van der Waals surface area contributed by atoms with Crippen LogP contribution in [0, 0.1) is 0 Å². The molecule has 0 radical (unpaired) electrons. The van der Waals surface area contributed by atoms with Gasteiger partial charge in [-0.2, -0.15) is 0 Å². The molecule has 0 aliphatic carbocycles. The van der Waals surface area contributed by atoms with Crippen molar-refractivity contribution in [3.8, 4) is 22.9 Å². The molecule has 1 aliphatic heterocycles. The van der Waals surface area contributed by atoms with Crippen LogP contribution in [0.3, 0.4) is 0 Å². The van der Waals surface area contributed by atoms with Crippen LogP contribution in [-0.4, -0.2) is 23.2 Å². The third kappa shape index (κ3) is 2.33. The molecule has 0 amide bonds. The van der Waals surface area contributed by atoms with Crippen LogP contribution in [0.25, 0.3) is 11.4 Å². The molecule has 0 bridgehead atoms. The van der Waals surface area contributed by atoms with E-state index in [1.165, 1.54) is 0 Å². The lowest BCUT2D eigenvalue weighted by Crippen LogP contribution is -2.15. The number of nitrogen functional groups attached to an aromatic ring is 1. The minimum absolute atomic E-state index is 0.371. The fraction of sp³-hybridized carbons (Fsp3) is 0.167. The van der Waals surface area contributed by atoms with Crippen LogP contribution in [0.1, 0.15) is 0 Å². The summed E-state index contributed by atoms with van der Waals surface area (Å²) < 4.78 is 11.6. The highest BCUT2D eigenvalue weighted by atomic mass is 79.9. The predicted octanol–water partition coefficient (Wildman–Crippen LogP) is 2.91. The molecular weight excluding hydrogens is 334 g/mol. The van der Waals surface area contributed by atoms with E-state index in [2.05, 4.69) is 25.9 Å². The van der Waals surface area contributed by atoms with Gasteiger partial charge >= 0.3 is 0 Å². The number of fused-ring (bicyclic) bond motifs is 1. The van der Waals surface area contributed by atoms with E-state index in [-0.39, 0.29) is 0 Å². The summed E-state index contributed by atoms with van der Waals surface area (Å²) in [4.78, 5) is 8.40. The van der Waals surface area contributed by atoms with Crippen LogP contribution in [-0.2, 0) is 0 Å². The van der Waals surface area contributed by atoms with Gasteiger partial charge in [-0.1, -0.05) is 11.6 Å². The van der Waals surface area contributed by atoms with Crippen LogP contribution in [0.2, 0.25) is 5.02 Å². The Morgan fingerprint density at radius 1 is 1.26 bits per heavy atom. The van der Waals surface area contributed by atoms with Crippen LogP contribution in [0.15, 0.2) is 22.8 Å². The molecule has 19 heavy (non-hydrogen) atoms. The first-order valence-electron chi connectivity index (χ1n) is 5.52. The van der Waals surface area contributed by atoms with Gasteiger partial charge in [0.1, 0.15) is 19.0 Å². The van der Waals surface area contributed by atoms with Gasteiger partial charge in [-0.05, 0) is 28.1 Å². The fourth-order valence-corrected chi connectivity index (χ4v) is 2.22. The molecule has 1 aromatic heterocycles. The quantitative estimate of drug-likeness (QED) is 0.863. The Morgan fingerprint density at radius 2 is 2.05 bits per heavy atom. The van der Waals surface area contributed by atoms with E-state index in [9.17, 15) is 0 Å². The first kappa shape index (κ1) is 12.5. The second-order valence-electron chi connectivity index (χ2n) is 3.91. The molecule has 0 fully saturated rings. The van der Waals surface area contributed by atoms with Gasteiger partial charge in [0.2, 0.25) is 0 Å². The number of rotatable bonds is 1. The number of nitrogens with two attached hydrogens (primary N) is 1. The maximum atomic E-state index is 6.17. The Hall–Kier alpha value is -1.53. The molecule has 0 saturated heterocycles. The van der Waals surface area contributed by atoms with Crippen molar-refractivity contribution in [1.82, 2.24) is 9.97 Å². The molecule has 1 aliphatic rings. The van der Waals surface area contributed by atoms with Crippen LogP contribution >= 0.6 is 27.5 Å². The van der Waals surface area contributed by atoms with Crippen molar-refractivity contribution in [2.24, 2.45) is 0 Å². The van der Waals surface area contributed by atoms with E-state index in [0.29, 0.717) is 45.9 Å². The van der Waals surface area contributed by atoms with Gasteiger partial charge < -0.3 is 15.2 Å². The number of hydrogen-bond acceptors (Lipinski definition) is 5. The highest BCUT2D eigenvalue weighted by molar-refractivity contribution is 9.10. The highest BCUT2D eigenvalue weighted by Gasteiger charge is 2.18. The molecule has 1 aromatic carbocycles. The second-order valence-corrected chi connectivity index (χ2v) is 5.17. The first-order valence-corrected chi connectivity index (χ1v) is 6.70. The van der Waals surface area contributed by atoms with Gasteiger partial charge in [0, 0.05) is 11.8 Å². The van der Waals surface area contributed by atoms with E-state index in [4.69, 9.17) is 26.8 Å². The number of ether oxygens (including phenoxy) is 2. The molecule has 2 aromatic rings. The molecule has 2 heterocycles. The molecule has 0 atom stereocenters. The molecule has 0 unspecified atom stereocenters. The van der Waals surface area contributed by atoms with Crippen molar-refractivity contribution < 1.29 is 9.47 Å². The summed E-state index contributed by atoms with van der Waals surface area (Å²) in [5.74, 6) is 2.01. The van der Waals surface area contributed by atoms with Crippen molar-refractivity contribution in [3.05, 3.63) is 27.8 Å². The third-order valence-corrected chi connectivity index (χ3v) is 3.52. The SMILES string of the molecule is Nc1nc(-c2cc(Cl)c3c(c2)OCCO3)ncc1Br. The average Bonchev–Trinajstić information content (AvgIpc) is 2.42. The fourth-order valence-electron chi connectivity index (χ4n) is 1.76. The number of aromatic nitrogens is 2. The second kappa shape index (κ2) is 4.86. The summed E-state index contributed by atoms with van der Waals surface area (Å²) in [5.41, 5.74) is 6.48. The van der Waals surface area contributed by atoms with Gasteiger partial charge in [-0.15, -0.1) is 0 Å². The third-order valence-electron chi connectivity index (χ3n) is 2.63. The highest BCUT2D eigenvalue weighted by Crippen LogP contribution is 2.40. The molecule has 98 valence electrons. The Labute approximate surface area is 122 Å². The maximum absolute atomic E-state index is 6.17. The Balaban J connectivity index is 2.10. The number of benzene rings is 1. The van der Waals surface area contributed by atoms with Gasteiger partial charge in [0.15, 0.2) is 17.3 Å². The zero-order valence-electron chi connectivity index (χ0n) is 9.69. The lowest BCUT2D eigenvalue weighted by molar-refractivity contribution is 0.172. The number of anilines is 1. The van der Waals surface area contributed by atoms with E-state index >= 15 is 0 Å². The van der Waals surface area contributed by atoms with Crippen molar-refractivity contribution in [2.75, 3.05) is 18.9 Å². The Kier molecular flexibility index (Phi) is 3.20. The van der Waals surface area contributed by atoms with Crippen LogP contribution < -0.4 is 15.2 Å². The van der Waals surface area contributed by atoms with Crippen LogP contribution in [0.5, 0.6) is 11.5 Å². The molecule has 0 spiro atoms. The maximum Gasteiger partial charge on any atom is 0.179 e. The van der Waals surface area contributed by atoms with Crippen molar-refractivity contribution in [3.63, 3.8) is 0 Å². The summed E-state index contributed by atoms with van der Waals surface area (Å²) >= 11 is 9.42.